The van der Waals surface area contributed by atoms with Crippen molar-refractivity contribution in [3.8, 4) is 11.5 Å². The number of nitrogens with zero attached hydrogens (tertiary/aromatic N) is 4. The maximum Gasteiger partial charge on any atom is 0.341 e. The number of esters is 1. The van der Waals surface area contributed by atoms with Gasteiger partial charge in [0.2, 0.25) is 5.91 Å². The van der Waals surface area contributed by atoms with Gasteiger partial charge in [-0.05, 0) is 69.2 Å². The Morgan fingerprint density at radius 1 is 1.12 bits per heavy atom. The maximum atomic E-state index is 15.5. The standard InChI is InChI=1S/C30H29F2N5O3/c1-15-21-10-7-17-13-23(36(27(17)34-21)11-5-3-4-6-16-12-19(16)29(38)33-15)28-35-22-14-20(30(39)40-2)24(31)25(32)26(22)37(28)18-8-9-18/h3-4,7,10,13-16,18-19H,5-6,8-9,11-12H2,1-2H3,(H,33,38)/b4-3-/t15-,16-,19-/m1/s1. The summed E-state index contributed by atoms with van der Waals surface area (Å²) in [4.78, 5) is 34.6. The van der Waals surface area contributed by atoms with Gasteiger partial charge in [0.05, 0.1) is 30.1 Å². The van der Waals surface area contributed by atoms with Gasteiger partial charge in [0, 0.05) is 23.9 Å². The van der Waals surface area contributed by atoms with E-state index in [4.69, 9.17) is 9.97 Å². The number of ether oxygens (including phenoxy) is 1. The monoisotopic (exact) mass is 545 g/mol. The largest absolute Gasteiger partial charge is 0.465 e. The third-order valence-corrected chi connectivity index (χ3v) is 8.35. The van der Waals surface area contributed by atoms with Crippen molar-refractivity contribution in [3.05, 3.63) is 59.3 Å². The Hall–Kier alpha value is -4.08. The molecule has 4 aromatic rings. The van der Waals surface area contributed by atoms with Gasteiger partial charge in [-0.1, -0.05) is 12.2 Å². The summed E-state index contributed by atoms with van der Waals surface area (Å²) in [6.07, 6.45) is 8.43. The molecule has 0 unspecified atom stereocenters. The Morgan fingerprint density at radius 2 is 1.95 bits per heavy atom. The molecule has 4 heterocycles. The van der Waals surface area contributed by atoms with Crippen molar-refractivity contribution in [3.63, 3.8) is 0 Å². The van der Waals surface area contributed by atoms with Crippen LogP contribution in [-0.2, 0) is 16.1 Å². The summed E-state index contributed by atoms with van der Waals surface area (Å²) in [7, 11) is 1.13. The Bertz CT molecular complexity index is 1730. The van der Waals surface area contributed by atoms with Crippen molar-refractivity contribution in [1.29, 1.82) is 0 Å². The lowest BCUT2D eigenvalue weighted by atomic mass is 10.1. The molecule has 2 aliphatic carbocycles. The second-order valence-electron chi connectivity index (χ2n) is 11.1. The lowest BCUT2D eigenvalue weighted by Gasteiger charge is -2.15. The van der Waals surface area contributed by atoms with Crippen molar-refractivity contribution in [2.24, 2.45) is 11.8 Å². The highest BCUT2D eigenvalue weighted by Crippen LogP contribution is 2.44. The number of amides is 1. The minimum Gasteiger partial charge on any atom is -0.465 e. The van der Waals surface area contributed by atoms with E-state index < -0.39 is 23.2 Å². The van der Waals surface area contributed by atoms with Gasteiger partial charge in [0.1, 0.15) is 16.7 Å². The van der Waals surface area contributed by atoms with Gasteiger partial charge in [-0.2, -0.15) is 0 Å². The van der Waals surface area contributed by atoms with E-state index in [1.807, 2.05) is 25.1 Å². The number of carbonyl (C=O) groups excluding carboxylic acids is 2. The van der Waals surface area contributed by atoms with E-state index in [9.17, 15) is 9.59 Å². The van der Waals surface area contributed by atoms with Crippen LogP contribution < -0.4 is 5.32 Å². The van der Waals surface area contributed by atoms with E-state index in [-0.39, 0.29) is 34.9 Å². The summed E-state index contributed by atoms with van der Waals surface area (Å²) in [5.41, 5.74) is 1.99. The molecule has 2 saturated carbocycles. The number of benzene rings is 1. The molecule has 2 bridgehead atoms. The Labute approximate surface area is 229 Å². The number of aromatic nitrogens is 4. The third kappa shape index (κ3) is 4.00. The summed E-state index contributed by atoms with van der Waals surface area (Å²) in [6.45, 7) is 2.55. The molecule has 2 fully saturated rings. The number of imidazole rings is 1. The molecule has 3 aromatic heterocycles. The number of allylic oxidation sites excluding steroid dienone is 2. The van der Waals surface area contributed by atoms with Crippen molar-refractivity contribution in [2.75, 3.05) is 7.11 Å². The van der Waals surface area contributed by atoms with Crippen LogP contribution in [-0.4, -0.2) is 38.1 Å². The fourth-order valence-electron chi connectivity index (χ4n) is 5.93. The second-order valence-corrected chi connectivity index (χ2v) is 11.1. The number of nitrogens with one attached hydrogen (secondary N) is 1. The minimum absolute atomic E-state index is 0.0210. The quantitative estimate of drug-likeness (QED) is 0.267. The average Bonchev–Trinajstić information content (AvgIpc) is 3.87. The first-order chi connectivity index (χ1) is 19.4. The highest BCUT2D eigenvalue weighted by molar-refractivity contribution is 5.95. The molecule has 10 heteroatoms. The number of halogens is 2. The van der Waals surface area contributed by atoms with Gasteiger partial charge in [-0.3, -0.25) is 4.79 Å². The van der Waals surface area contributed by atoms with Crippen molar-refractivity contribution in [1.82, 2.24) is 24.4 Å². The molecule has 3 atom stereocenters. The molecule has 40 heavy (non-hydrogen) atoms. The number of pyridine rings is 1. The van der Waals surface area contributed by atoms with E-state index in [2.05, 4.69) is 26.8 Å². The lowest BCUT2D eigenvalue weighted by molar-refractivity contribution is -0.123. The van der Waals surface area contributed by atoms with Crippen LogP contribution in [0.15, 0.2) is 36.4 Å². The van der Waals surface area contributed by atoms with Crippen LogP contribution in [0.3, 0.4) is 0 Å². The summed E-state index contributed by atoms with van der Waals surface area (Å²) in [5, 5.41) is 4.00. The first kappa shape index (κ1) is 24.9. The fraction of sp³-hybridized carbons (Fsp3) is 0.400. The predicted molar refractivity (Wildman–Crippen MR) is 145 cm³/mol. The van der Waals surface area contributed by atoms with Crippen molar-refractivity contribution >= 4 is 33.9 Å². The van der Waals surface area contributed by atoms with E-state index in [0.29, 0.717) is 18.3 Å². The van der Waals surface area contributed by atoms with Crippen LogP contribution in [0.25, 0.3) is 33.6 Å². The molecular weight excluding hydrogens is 516 g/mol. The van der Waals surface area contributed by atoms with Crippen LogP contribution in [0.4, 0.5) is 8.78 Å². The smallest absolute Gasteiger partial charge is 0.341 e. The third-order valence-electron chi connectivity index (χ3n) is 8.35. The second kappa shape index (κ2) is 9.25. The zero-order valence-corrected chi connectivity index (χ0v) is 22.3. The number of hydrogen-bond donors (Lipinski definition) is 1. The molecule has 7 rings (SSSR count). The zero-order valence-electron chi connectivity index (χ0n) is 22.3. The van der Waals surface area contributed by atoms with Gasteiger partial charge >= 0.3 is 5.97 Å². The average molecular weight is 546 g/mol. The van der Waals surface area contributed by atoms with Gasteiger partial charge in [0.25, 0.3) is 0 Å². The Balaban J connectivity index is 1.41. The molecule has 3 aliphatic rings. The number of aryl methyl sites for hydroxylation is 1. The highest BCUT2D eigenvalue weighted by Gasteiger charge is 2.42. The van der Waals surface area contributed by atoms with Gasteiger partial charge in [-0.25, -0.2) is 23.5 Å². The Kier molecular flexibility index (Phi) is 5.76. The van der Waals surface area contributed by atoms with E-state index in [1.165, 1.54) is 6.07 Å². The van der Waals surface area contributed by atoms with E-state index >= 15 is 8.78 Å². The first-order valence-electron chi connectivity index (χ1n) is 13.8. The molecular formula is C30H29F2N5O3. The first-order valence-corrected chi connectivity index (χ1v) is 13.8. The zero-order chi connectivity index (χ0) is 27.7. The lowest BCUT2D eigenvalue weighted by Crippen LogP contribution is -2.29. The number of methoxy groups -OCH3 is 1. The van der Waals surface area contributed by atoms with Crippen LogP contribution in [0.2, 0.25) is 0 Å². The minimum atomic E-state index is -1.24. The maximum absolute atomic E-state index is 15.5. The van der Waals surface area contributed by atoms with E-state index in [0.717, 1.165) is 61.6 Å². The Morgan fingerprint density at radius 3 is 2.73 bits per heavy atom. The number of hydrogen-bond acceptors (Lipinski definition) is 5. The van der Waals surface area contributed by atoms with Gasteiger partial charge in [-0.15, -0.1) is 0 Å². The van der Waals surface area contributed by atoms with Crippen LogP contribution in [0.5, 0.6) is 0 Å². The van der Waals surface area contributed by atoms with Crippen LogP contribution in [0, 0.1) is 23.5 Å². The molecule has 1 aliphatic heterocycles. The topological polar surface area (TPSA) is 91.0 Å². The molecule has 0 spiro atoms. The van der Waals surface area contributed by atoms with Crippen molar-refractivity contribution in [2.45, 2.75) is 57.7 Å². The predicted octanol–water partition coefficient (Wildman–Crippen LogP) is 5.62. The SMILES string of the molecule is COC(=O)c1cc2nc(-c3cc4ccc5nc4n3CC/C=C\C[C@@H]3C[C@H]3C(=O)N[C@@H]5C)n(C3CC3)c2c(F)c1F. The molecule has 1 aromatic carbocycles. The van der Waals surface area contributed by atoms with Crippen LogP contribution in [0.1, 0.15) is 67.2 Å². The molecule has 8 nitrogen and oxygen atoms in total. The molecule has 1 amide bonds. The summed E-state index contributed by atoms with van der Waals surface area (Å²) in [5.74, 6) is -2.28. The van der Waals surface area contributed by atoms with Gasteiger partial charge in [0.15, 0.2) is 17.5 Å². The van der Waals surface area contributed by atoms with Crippen molar-refractivity contribution < 1.29 is 23.1 Å². The summed E-state index contributed by atoms with van der Waals surface area (Å²) >= 11 is 0. The molecule has 0 radical (unpaired) electrons. The highest BCUT2D eigenvalue weighted by atomic mass is 19.2. The summed E-state index contributed by atoms with van der Waals surface area (Å²) in [6, 6.07) is 6.85. The van der Waals surface area contributed by atoms with Gasteiger partial charge < -0.3 is 19.2 Å². The van der Waals surface area contributed by atoms with Crippen LogP contribution >= 0.6 is 0 Å². The number of rotatable bonds is 3. The molecule has 206 valence electrons. The molecule has 0 saturated heterocycles. The van der Waals surface area contributed by atoms with E-state index in [1.54, 1.807) is 4.57 Å². The number of fused-ring (bicyclic) bond motifs is 3. The number of carbonyl (C=O) groups is 2. The molecule has 1 N–H and O–H groups in total. The fourth-order valence-corrected chi connectivity index (χ4v) is 5.93. The summed E-state index contributed by atoms with van der Waals surface area (Å²) < 4.78 is 39.0. The normalized spacial score (nSPS) is 23.6.